The Labute approximate surface area is 91.9 Å². The summed E-state index contributed by atoms with van der Waals surface area (Å²) in [6.07, 6.45) is 12.0. The van der Waals surface area contributed by atoms with E-state index in [1.165, 1.54) is 0 Å². The van der Waals surface area contributed by atoms with E-state index >= 15 is 0 Å². The van der Waals surface area contributed by atoms with Crippen molar-refractivity contribution >= 4 is 0 Å². The Kier molecular flexibility index (Phi) is 2.48. The van der Waals surface area contributed by atoms with Gasteiger partial charge >= 0.3 is 0 Å². The first-order valence-corrected chi connectivity index (χ1v) is 5.59. The molecule has 0 aliphatic heterocycles. The number of terminal acetylenes is 1. The van der Waals surface area contributed by atoms with Gasteiger partial charge in [0.1, 0.15) is 0 Å². The molecule has 0 radical (unpaired) electrons. The maximum Gasteiger partial charge on any atom is 0.0783 e. The van der Waals surface area contributed by atoms with Crippen LogP contribution in [0.5, 0.6) is 0 Å². The molecule has 2 rings (SSSR count). The zero-order valence-electron chi connectivity index (χ0n) is 9.24. The zero-order chi connectivity index (χ0) is 11.1. The molecule has 2 aliphatic carbocycles. The van der Waals surface area contributed by atoms with Crippen molar-refractivity contribution in [1.29, 1.82) is 0 Å². The highest BCUT2D eigenvalue weighted by Crippen LogP contribution is 2.51. The highest BCUT2D eigenvalue weighted by molar-refractivity contribution is 5.29. The lowest BCUT2D eigenvalue weighted by Gasteiger charge is -2.48. The quantitative estimate of drug-likeness (QED) is 0.598. The van der Waals surface area contributed by atoms with Gasteiger partial charge in [0, 0.05) is 11.3 Å². The molecule has 0 aromatic carbocycles. The van der Waals surface area contributed by atoms with Crippen LogP contribution in [0.4, 0.5) is 0 Å². The maximum absolute atomic E-state index is 10.1. The maximum atomic E-state index is 10.1. The summed E-state index contributed by atoms with van der Waals surface area (Å²) in [4.78, 5) is 0. The van der Waals surface area contributed by atoms with E-state index in [1.54, 1.807) is 0 Å². The number of rotatable bonds is 0. The lowest BCUT2D eigenvalue weighted by molar-refractivity contribution is -0.00326. The van der Waals surface area contributed by atoms with Crippen LogP contribution in [0, 0.1) is 29.6 Å². The van der Waals surface area contributed by atoms with Crippen molar-refractivity contribution in [2.45, 2.75) is 32.3 Å². The summed E-state index contributed by atoms with van der Waals surface area (Å²) in [7, 11) is 0. The van der Waals surface area contributed by atoms with Crippen LogP contribution in [0.25, 0.3) is 0 Å². The lowest BCUT2D eigenvalue weighted by Crippen LogP contribution is -2.45. The highest BCUT2D eigenvalue weighted by Gasteiger charge is 2.46. The van der Waals surface area contributed by atoms with Gasteiger partial charge in [0.05, 0.1) is 6.10 Å². The number of fused-ring (bicyclic) bond motifs is 1. The Morgan fingerprint density at radius 3 is 3.07 bits per heavy atom. The Morgan fingerprint density at radius 2 is 2.40 bits per heavy atom. The minimum absolute atomic E-state index is 0.0425. The molecule has 1 nitrogen and oxygen atoms in total. The summed E-state index contributed by atoms with van der Waals surface area (Å²) >= 11 is 0. The van der Waals surface area contributed by atoms with Crippen molar-refractivity contribution in [1.82, 2.24) is 0 Å². The fourth-order valence-electron chi connectivity index (χ4n) is 2.96. The van der Waals surface area contributed by atoms with E-state index in [2.05, 4.69) is 19.4 Å². The van der Waals surface area contributed by atoms with E-state index in [-0.39, 0.29) is 11.5 Å². The van der Waals surface area contributed by atoms with Crippen molar-refractivity contribution in [2.24, 2.45) is 17.3 Å². The van der Waals surface area contributed by atoms with Crippen LogP contribution in [0.1, 0.15) is 26.2 Å². The molecule has 0 saturated heterocycles. The summed E-state index contributed by atoms with van der Waals surface area (Å²) in [5.74, 6) is 3.56. The Morgan fingerprint density at radius 1 is 1.67 bits per heavy atom. The van der Waals surface area contributed by atoms with Crippen molar-refractivity contribution < 1.29 is 5.11 Å². The van der Waals surface area contributed by atoms with E-state index in [0.29, 0.717) is 11.8 Å². The fourth-order valence-corrected chi connectivity index (χ4v) is 2.96. The van der Waals surface area contributed by atoms with Gasteiger partial charge in [-0.2, -0.15) is 0 Å². The van der Waals surface area contributed by atoms with Gasteiger partial charge in [0.15, 0.2) is 0 Å². The Bertz CT molecular complexity index is 347. The van der Waals surface area contributed by atoms with Gasteiger partial charge in [-0.1, -0.05) is 31.2 Å². The topological polar surface area (TPSA) is 20.2 Å². The van der Waals surface area contributed by atoms with Crippen molar-refractivity contribution in [3.05, 3.63) is 24.3 Å². The molecule has 1 fully saturated rings. The predicted molar refractivity (Wildman–Crippen MR) is 62.1 cm³/mol. The first-order valence-electron chi connectivity index (χ1n) is 5.59. The lowest BCUT2D eigenvalue weighted by atomic mass is 9.57. The van der Waals surface area contributed by atoms with Crippen LogP contribution in [0.3, 0.4) is 0 Å². The molecule has 0 bridgehead atoms. The molecule has 1 heteroatoms. The van der Waals surface area contributed by atoms with Gasteiger partial charge in [-0.05, 0) is 25.2 Å². The first-order chi connectivity index (χ1) is 7.08. The third kappa shape index (κ3) is 1.54. The molecule has 80 valence electrons. The molecular formula is C14H18O. The summed E-state index contributed by atoms with van der Waals surface area (Å²) in [6, 6.07) is 0. The molecule has 1 saturated carbocycles. The summed E-state index contributed by atoms with van der Waals surface area (Å²) in [5, 5.41) is 10.1. The van der Waals surface area contributed by atoms with Crippen LogP contribution in [0.2, 0.25) is 0 Å². The van der Waals surface area contributed by atoms with Crippen LogP contribution in [-0.4, -0.2) is 11.2 Å². The van der Waals surface area contributed by atoms with E-state index in [9.17, 15) is 5.11 Å². The minimum Gasteiger partial charge on any atom is -0.388 e. The van der Waals surface area contributed by atoms with Crippen LogP contribution in [-0.2, 0) is 0 Å². The predicted octanol–water partition coefficient (Wildman–Crippen LogP) is 2.53. The molecular weight excluding hydrogens is 184 g/mol. The minimum atomic E-state index is -0.341. The second-order valence-electron chi connectivity index (χ2n) is 5.08. The molecule has 0 spiro atoms. The van der Waals surface area contributed by atoms with Gasteiger partial charge in [0.2, 0.25) is 0 Å². The van der Waals surface area contributed by atoms with E-state index in [1.807, 2.05) is 12.2 Å². The van der Waals surface area contributed by atoms with Crippen LogP contribution < -0.4 is 0 Å². The normalized spacial score (nSPS) is 44.6. The molecule has 0 unspecified atom stereocenters. The third-order valence-electron chi connectivity index (χ3n) is 4.20. The number of hydrogen-bond donors (Lipinski definition) is 1. The summed E-state index contributed by atoms with van der Waals surface area (Å²) in [5.41, 5.74) is 1.09. The molecule has 15 heavy (non-hydrogen) atoms. The molecule has 0 aromatic rings. The second kappa shape index (κ2) is 3.54. The molecule has 2 aliphatic rings. The largest absolute Gasteiger partial charge is 0.388 e. The van der Waals surface area contributed by atoms with Gasteiger partial charge in [-0.3, -0.25) is 0 Å². The van der Waals surface area contributed by atoms with Gasteiger partial charge < -0.3 is 5.11 Å². The van der Waals surface area contributed by atoms with Crippen LogP contribution >= 0.6 is 0 Å². The molecule has 1 N–H and O–H groups in total. The zero-order valence-corrected chi connectivity index (χ0v) is 9.24. The van der Waals surface area contributed by atoms with E-state index < -0.39 is 0 Å². The smallest absolute Gasteiger partial charge is 0.0783 e. The average molecular weight is 202 g/mol. The monoisotopic (exact) mass is 202 g/mol. The Hall–Kier alpha value is -1.00. The summed E-state index contributed by atoms with van der Waals surface area (Å²) in [6.45, 7) is 6.24. The number of allylic oxidation sites excluding steroid dienone is 2. The highest BCUT2D eigenvalue weighted by atomic mass is 16.3. The van der Waals surface area contributed by atoms with Crippen molar-refractivity contribution in [2.75, 3.05) is 0 Å². The van der Waals surface area contributed by atoms with Crippen molar-refractivity contribution in [3.8, 4) is 12.3 Å². The van der Waals surface area contributed by atoms with Crippen LogP contribution in [0.15, 0.2) is 24.3 Å². The van der Waals surface area contributed by atoms with Crippen molar-refractivity contribution in [3.63, 3.8) is 0 Å². The van der Waals surface area contributed by atoms with Gasteiger partial charge in [0.25, 0.3) is 0 Å². The van der Waals surface area contributed by atoms with Gasteiger partial charge in [-0.15, -0.1) is 12.3 Å². The fraction of sp³-hybridized carbons (Fsp3) is 0.571. The second-order valence-corrected chi connectivity index (χ2v) is 5.08. The molecule has 0 amide bonds. The van der Waals surface area contributed by atoms with Gasteiger partial charge in [-0.25, -0.2) is 0 Å². The standard InChI is InChI=1S/C14H18O/c1-4-11-7-8-14(3)12(9-11)10(2)5-6-13(14)15/h1,5-6,11-13,15H,2,7-9H2,3H3/t11-,12-,13-,14-/m1/s1. The Balaban J connectivity index is 2.30. The average Bonchev–Trinajstić information content (AvgIpc) is 2.24. The molecule has 4 atom stereocenters. The number of hydrogen-bond acceptors (Lipinski definition) is 1. The molecule has 0 heterocycles. The SMILES string of the molecule is C#C[C@@H]1CC[C@@]2(C)[C@H](O)C=CC(=C)[C@H]2C1. The molecule has 0 aromatic heterocycles. The van der Waals surface area contributed by atoms with E-state index in [4.69, 9.17) is 6.42 Å². The van der Waals surface area contributed by atoms with E-state index in [0.717, 1.165) is 24.8 Å². The number of aliphatic hydroxyl groups is 1. The first kappa shape index (κ1) is 10.5. The summed E-state index contributed by atoms with van der Waals surface area (Å²) < 4.78 is 0. The number of aliphatic hydroxyl groups excluding tert-OH is 1. The third-order valence-corrected chi connectivity index (χ3v) is 4.20.